The van der Waals surface area contributed by atoms with Crippen LogP contribution in [-0.2, 0) is 23.6 Å². The lowest BCUT2D eigenvalue weighted by atomic mass is 10.2. The molecule has 2 rings (SSSR count). The van der Waals surface area contributed by atoms with E-state index in [4.69, 9.17) is 17.3 Å². The molecular formula is C11H14ClN5O2S. The minimum absolute atomic E-state index is 0.0206. The Morgan fingerprint density at radius 2 is 2.15 bits per heavy atom. The number of rotatable bonds is 4. The maximum Gasteiger partial charge on any atom is 0.242 e. The molecule has 0 fully saturated rings. The summed E-state index contributed by atoms with van der Waals surface area (Å²) in [6.07, 6.45) is 1.49. The average molecular weight is 316 g/mol. The molecule has 2 aromatic rings. The van der Waals surface area contributed by atoms with Crippen LogP contribution in [0.25, 0.3) is 0 Å². The van der Waals surface area contributed by atoms with Crippen molar-refractivity contribution in [2.45, 2.75) is 18.4 Å². The van der Waals surface area contributed by atoms with E-state index in [-0.39, 0.29) is 16.5 Å². The van der Waals surface area contributed by atoms with Gasteiger partial charge in [-0.2, -0.15) is 5.10 Å². The zero-order chi connectivity index (χ0) is 14.9. The van der Waals surface area contributed by atoms with Gasteiger partial charge in [-0.05, 0) is 24.6 Å². The van der Waals surface area contributed by atoms with Gasteiger partial charge in [0.2, 0.25) is 10.0 Å². The standard InChI is InChI=1S/C11H14ClN5O2S/c1-7-3-8(12)10(4-9(7)13)20(18,19)15-5-11-14-6-17(2)16-11/h3-4,6,15H,5,13H2,1-2H3. The molecule has 1 heterocycles. The van der Waals surface area contributed by atoms with Gasteiger partial charge in [-0.1, -0.05) is 11.6 Å². The molecule has 0 amide bonds. The van der Waals surface area contributed by atoms with Crippen LogP contribution in [0, 0.1) is 6.92 Å². The fourth-order valence-electron chi connectivity index (χ4n) is 1.58. The summed E-state index contributed by atoms with van der Waals surface area (Å²) in [5, 5.41) is 4.11. The molecule has 3 N–H and O–H groups in total. The Morgan fingerprint density at radius 3 is 2.75 bits per heavy atom. The smallest absolute Gasteiger partial charge is 0.242 e. The van der Waals surface area contributed by atoms with E-state index in [0.717, 1.165) is 5.56 Å². The average Bonchev–Trinajstić information content (AvgIpc) is 2.77. The van der Waals surface area contributed by atoms with Gasteiger partial charge in [0.05, 0.1) is 11.6 Å². The van der Waals surface area contributed by atoms with Gasteiger partial charge < -0.3 is 5.73 Å². The van der Waals surface area contributed by atoms with E-state index in [0.29, 0.717) is 11.5 Å². The van der Waals surface area contributed by atoms with Crippen LogP contribution < -0.4 is 10.5 Å². The van der Waals surface area contributed by atoms with Crippen LogP contribution >= 0.6 is 11.6 Å². The molecule has 0 unspecified atom stereocenters. The Kier molecular flexibility index (Phi) is 3.98. The van der Waals surface area contributed by atoms with E-state index in [9.17, 15) is 8.42 Å². The third-order valence-electron chi connectivity index (χ3n) is 2.68. The number of hydrogen-bond acceptors (Lipinski definition) is 5. The molecule has 9 heteroatoms. The molecule has 0 bridgehead atoms. The predicted molar refractivity (Wildman–Crippen MR) is 75.6 cm³/mol. The molecule has 0 atom stereocenters. The lowest BCUT2D eigenvalue weighted by Gasteiger charge is -2.09. The van der Waals surface area contributed by atoms with Crippen molar-refractivity contribution in [1.29, 1.82) is 0 Å². The summed E-state index contributed by atoms with van der Waals surface area (Å²) in [6, 6.07) is 2.86. The molecule has 20 heavy (non-hydrogen) atoms. The molecule has 1 aromatic carbocycles. The highest BCUT2D eigenvalue weighted by atomic mass is 35.5. The summed E-state index contributed by atoms with van der Waals surface area (Å²) in [4.78, 5) is 3.88. The van der Waals surface area contributed by atoms with Crippen molar-refractivity contribution in [1.82, 2.24) is 19.5 Å². The number of halogens is 1. The molecule has 1 aromatic heterocycles. The quantitative estimate of drug-likeness (QED) is 0.814. The topological polar surface area (TPSA) is 103 Å². The van der Waals surface area contributed by atoms with Gasteiger partial charge in [-0.15, -0.1) is 0 Å². The Labute approximate surface area is 121 Å². The van der Waals surface area contributed by atoms with Crippen LogP contribution in [0.3, 0.4) is 0 Å². The summed E-state index contributed by atoms with van der Waals surface area (Å²) < 4.78 is 28.2. The number of aryl methyl sites for hydroxylation is 2. The van der Waals surface area contributed by atoms with Gasteiger partial charge in [-0.25, -0.2) is 18.1 Å². The largest absolute Gasteiger partial charge is 0.398 e. The van der Waals surface area contributed by atoms with Gasteiger partial charge in [0.25, 0.3) is 0 Å². The second-order valence-corrected chi connectivity index (χ2v) is 6.44. The number of nitrogens with one attached hydrogen (secondary N) is 1. The summed E-state index contributed by atoms with van der Waals surface area (Å²) in [7, 11) is -2.07. The SMILES string of the molecule is Cc1cc(Cl)c(S(=O)(=O)NCc2ncn(C)n2)cc1N. The fourth-order valence-corrected chi connectivity index (χ4v) is 3.17. The number of sulfonamides is 1. The Balaban J connectivity index is 2.24. The number of anilines is 1. The molecule has 0 radical (unpaired) electrons. The van der Waals surface area contributed by atoms with Crippen molar-refractivity contribution >= 4 is 27.3 Å². The summed E-state index contributed by atoms with van der Waals surface area (Å²) in [6.45, 7) is 1.73. The van der Waals surface area contributed by atoms with E-state index in [2.05, 4.69) is 14.8 Å². The van der Waals surface area contributed by atoms with Gasteiger partial charge >= 0.3 is 0 Å². The highest BCUT2D eigenvalue weighted by Crippen LogP contribution is 2.26. The van der Waals surface area contributed by atoms with Crippen molar-refractivity contribution in [2.24, 2.45) is 7.05 Å². The Morgan fingerprint density at radius 1 is 1.45 bits per heavy atom. The van der Waals surface area contributed by atoms with E-state index in [1.54, 1.807) is 14.0 Å². The van der Waals surface area contributed by atoms with Crippen LogP contribution in [0.4, 0.5) is 5.69 Å². The molecule has 0 aliphatic rings. The maximum atomic E-state index is 12.2. The lowest BCUT2D eigenvalue weighted by Crippen LogP contribution is -2.24. The first-order valence-corrected chi connectivity index (χ1v) is 7.55. The van der Waals surface area contributed by atoms with Gasteiger partial charge in [-0.3, -0.25) is 4.68 Å². The number of nitrogens with zero attached hydrogens (tertiary/aromatic N) is 3. The first kappa shape index (κ1) is 14.8. The van der Waals surface area contributed by atoms with Gasteiger partial charge in [0, 0.05) is 12.7 Å². The summed E-state index contributed by atoms with van der Waals surface area (Å²) in [5.41, 5.74) is 6.81. The third kappa shape index (κ3) is 3.09. The molecule has 0 aliphatic carbocycles. The van der Waals surface area contributed by atoms with Gasteiger partial charge in [0.1, 0.15) is 11.2 Å². The van der Waals surface area contributed by atoms with Crippen molar-refractivity contribution in [2.75, 3.05) is 5.73 Å². The van der Waals surface area contributed by atoms with Crippen molar-refractivity contribution in [3.05, 3.63) is 34.9 Å². The van der Waals surface area contributed by atoms with Crippen LogP contribution in [0.5, 0.6) is 0 Å². The first-order chi connectivity index (χ1) is 9.29. The van der Waals surface area contributed by atoms with E-state index in [1.807, 2.05) is 0 Å². The van der Waals surface area contributed by atoms with Crippen LogP contribution in [0.2, 0.25) is 5.02 Å². The first-order valence-electron chi connectivity index (χ1n) is 5.69. The Bertz CT molecular complexity index is 741. The molecule has 0 saturated carbocycles. The molecule has 0 saturated heterocycles. The number of nitrogen functional groups attached to an aromatic ring is 1. The molecular weight excluding hydrogens is 302 g/mol. The molecule has 108 valence electrons. The fraction of sp³-hybridized carbons (Fsp3) is 0.273. The Hall–Kier alpha value is -1.64. The molecule has 0 aliphatic heterocycles. The monoisotopic (exact) mass is 315 g/mol. The summed E-state index contributed by atoms with van der Waals surface area (Å²) >= 11 is 5.96. The normalized spacial score (nSPS) is 11.8. The molecule has 0 spiro atoms. The second kappa shape index (κ2) is 5.39. The minimum Gasteiger partial charge on any atom is -0.398 e. The number of benzene rings is 1. The second-order valence-electron chi connectivity index (χ2n) is 4.30. The lowest BCUT2D eigenvalue weighted by molar-refractivity contribution is 0.578. The van der Waals surface area contributed by atoms with Crippen LogP contribution in [0.1, 0.15) is 11.4 Å². The number of aromatic nitrogens is 3. The number of nitrogens with two attached hydrogens (primary N) is 1. The molecule has 7 nitrogen and oxygen atoms in total. The zero-order valence-electron chi connectivity index (χ0n) is 11.0. The van der Waals surface area contributed by atoms with E-state index in [1.165, 1.54) is 23.1 Å². The predicted octanol–water partition coefficient (Wildman–Crippen LogP) is 0.838. The van der Waals surface area contributed by atoms with Gasteiger partial charge in [0.15, 0.2) is 5.82 Å². The third-order valence-corrected chi connectivity index (χ3v) is 4.54. The van der Waals surface area contributed by atoms with Crippen LogP contribution in [0.15, 0.2) is 23.4 Å². The van der Waals surface area contributed by atoms with Crippen molar-refractivity contribution in [3.63, 3.8) is 0 Å². The zero-order valence-corrected chi connectivity index (χ0v) is 12.5. The number of hydrogen-bond donors (Lipinski definition) is 2. The van der Waals surface area contributed by atoms with Crippen molar-refractivity contribution in [3.8, 4) is 0 Å². The highest BCUT2D eigenvalue weighted by Gasteiger charge is 2.19. The van der Waals surface area contributed by atoms with E-state index < -0.39 is 10.0 Å². The highest BCUT2D eigenvalue weighted by molar-refractivity contribution is 7.89. The van der Waals surface area contributed by atoms with Crippen molar-refractivity contribution < 1.29 is 8.42 Å². The van der Waals surface area contributed by atoms with Crippen LogP contribution in [-0.4, -0.2) is 23.2 Å². The summed E-state index contributed by atoms with van der Waals surface area (Å²) in [5.74, 6) is 0.368. The minimum atomic E-state index is -3.77. The maximum absolute atomic E-state index is 12.2. The van der Waals surface area contributed by atoms with E-state index >= 15 is 0 Å².